The highest BCUT2D eigenvalue weighted by atomic mass is 35.5. The number of ketones is 3. The minimum absolute atomic E-state index is 0.00330. The van der Waals surface area contributed by atoms with Gasteiger partial charge in [0, 0.05) is 105 Å². The Morgan fingerprint density at radius 3 is 1.11 bits per heavy atom. The van der Waals surface area contributed by atoms with E-state index in [-0.39, 0.29) is 138 Å². The van der Waals surface area contributed by atoms with Gasteiger partial charge in [-0.1, -0.05) is 89.4 Å². The molecule has 0 aliphatic rings. The fourth-order valence-electron chi connectivity index (χ4n) is 10.9. The molecule has 0 amide bonds. The molecule has 12 aromatic rings. The van der Waals surface area contributed by atoms with Crippen molar-refractivity contribution in [3.8, 4) is 17.1 Å². The molecule has 8 N–H and O–H groups in total. The van der Waals surface area contributed by atoms with Gasteiger partial charge in [0.2, 0.25) is 0 Å². The Labute approximate surface area is 725 Å². The fraction of sp³-hybridized carbons (Fsp3) is 0.200. The van der Waals surface area contributed by atoms with E-state index < -0.39 is 105 Å². The van der Waals surface area contributed by atoms with Crippen molar-refractivity contribution < 1.29 is 125 Å². The van der Waals surface area contributed by atoms with E-state index >= 15 is 0 Å². The van der Waals surface area contributed by atoms with Crippen LogP contribution in [0.3, 0.4) is 0 Å². The summed E-state index contributed by atoms with van der Waals surface area (Å²) in [6.07, 6.45) is -13.4. The van der Waals surface area contributed by atoms with Gasteiger partial charge in [0.15, 0.2) is 23.4 Å². The number of aliphatic hydroxyl groups is 4. The van der Waals surface area contributed by atoms with Gasteiger partial charge < -0.3 is 36.6 Å². The van der Waals surface area contributed by atoms with Crippen LogP contribution in [-0.2, 0) is 103 Å². The summed E-state index contributed by atoms with van der Waals surface area (Å²) < 4.78 is 203. The molecule has 3 heterocycles. The number of methoxy groups -OCH3 is 1. The zero-order valence-electron chi connectivity index (χ0n) is 66.0. The number of carbonyl (C=O) groups is 5. The number of nitro groups is 2. The molecule has 0 saturated heterocycles. The Balaban J connectivity index is 0.000000238. The summed E-state index contributed by atoms with van der Waals surface area (Å²) in [6, 6.07) is 43.9. The first-order valence-corrected chi connectivity index (χ1v) is 37.7. The van der Waals surface area contributed by atoms with Gasteiger partial charge in [-0.15, -0.1) is 0 Å². The molecule has 9 aromatic carbocycles. The van der Waals surface area contributed by atoms with Crippen molar-refractivity contribution in [2.24, 2.45) is 5.73 Å². The summed E-state index contributed by atoms with van der Waals surface area (Å²) in [6.45, 7) is -0.0926. The number of benzene rings is 9. The molecular formula is C85H72Cl3F15N10O14. The quantitative estimate of drug-likeness (QED) is 0.00817. The van der Waals surface area contributed by atoms with Crippen molar-refractivity contribution in [1.29, 1.82) is 0 Å². The lowest BCUT2D eigenvalue weighted by molar-refractivity contribution is -0.385. The van der Waals surface area contributed by atoms with Crippen molar-refractivity contribution in [2.45, 2.75) is 103 Å². The maximum absolute atomic E-state index is 13.7. The number of anilines is 1. The Morgan fingerprint density at radius 2 is 0.787 bits per heavy atom. The molecule has 0 aliphatic heterocycles. The number of aryl methyl sites for hydroxylation is 2. The predicted molar refractivity (Wildman–Crippen MR) is 434 cm³/mol. The first kappa shape index (κ1) is 103. The molecule has 12 rings (SSSR count). The van der Waals surface area contributed by atoms with Crippen LogP contribution in [0.5, 0.6) is 0 Å². The highest BCUT2D eigenvalue weighted by Crippen LogP contribution is 2.34. The molecule has 0 unspecified atom stereocenters. The third kappa shape index (κ3) is 31.9. The Hall–Kier alpha value is -13.0. The first-order valence-electron chi connectivity index (χ1n) is 36.5. The monoisotopic (exact) mass is 1850 g/mol. The number of Topliss-reactive ketones (excluding diaryl/α,β-unsaturated/α-hetero) is 3. The van der Waals surface area contributed by atoms with Crippen LogP contribution in [0.4, 0.5) is 82.9 Å². The maximum atomic E-state index is 13.7. The molecule has 0 fully saturated rings. The summed E-state index contributed by atoms with van der Waals surface area (Å²) in [5, 5.41) is 67.0. The van der Waals surface area contributed by atoms with Crippen LogP contribution in [0.25, 0.3) is 17.1 Å². The number of aldehydes is 1. The number of hydrogen-bond donors (Lipinski definition) is 6. The normalized spacial score (nSPS) is 10.9. The summed E-state index contributed by atoms with van der Waals surface area (Å²) >= 11 is 17.7. The van der Waals surface area contributed by atoms with Gasteiger partial charge >= 0.3 is 24.5 Å². The number of halogens is 18. The Morgan fingerprint density at radius 1 is 0.449 bits per heavy atom. The van der Waals surface area contributed by atoms with E-state index in [1.54, 1.807) is 66.7 Å². The molecular weight excluding hydrogens is 1780 g/mol. The number of aliphatic hydroxyl groups excluding tert-OH is 4. The number of ether oxygens (including phenoxy) is 1. The van der Waals surface area contributed by atoms with Crippen molar-refractivity contribution in [3.05, 3.63) is 355 Å². The number of nitrogen functional groups attached to an aromatic ring is 1. The van der Waals surface area contributed by atoms with E-state index in [0.29, 0.717) is 66.9 Å². The number of alkyl halides is 9. The van der Waals surface area contributed by atoms with Crippen molar-refractivity contribution in [1.82, 2.24) is 29.3 Å². The summed E-state index contributed by atoms with van der Waals surface area (Å²) in [5.74, 6) is -5.41. The predicted octanol–water partition coefficient (Wildman–Crippen LogP) is 18.3. The van der Waals surface area contributed by atoms with E-state index in [2.05, 4.69) is 20.0 Å². The number of nitro benzene ring substituents is 2. The van der Waals surface area contributed by atoms with Gasteiger partial charge in [0.05, 0.1) is 89.4 Å². The van der Waals surface area contributed by atoms with Crippen LogP contribution in [0, 0.1) is 55.1 Å². The highest BCUT2D eigenvalue weighted by molar-refractivity contribution is 6.31. The Kier molecular flexibility index (Phi) is 38.8. The number of carbonyl (C=O) groups excluding carboxylic acids is 5. The molecule has 0 saturated carbocycles. The minimum Gasteiger partial charge on any atom is -0.465 e. The van der Waals surface area contributed by atoms with Crippen LogP contribution in [0.15, 0.2) is 200 Å². The van der Waals surface area contributed by atoms with Gasteiger partial charge in [0.1, 0.15) is 52.3 Å². The number of aromatic nitrogens is 6. The minimum atomic E-state index is -4.64. The highest BCUT2D eigenvalue weighted by Gasteiger charge is 2.38. The number of nitrogens with two attached hydrogens (primary N) is 2. The molecule has 24 nitrogen and oxygen atoms in total. The summed E-state index contributed by atoms with van der Waals surface area (Å²) in [7, 11) is 1.10. The number of non-ortho nitro benzene ring substituents is 2. The van der Waals surface area contributed by atoms with Crippen LogP contribution in [0.2, 0.25) is 15.1 Å². The van der Waals surface area contributed by atoms with Gasteiger partial charge in [-0.05, 0) is 158 Å². The zero-order valence-corrected chi connectivity index (χ0v) is 68.3. The summed E-state index contributed by atoms with van der Waals surface area (Å²) in [4.78, 5) is 75.8. The molecule has 127 heavy (non-hydrogen) atoms. The zero-order chi connectivity index (χ0) is 94.4. The van der Waals surface area contributed by atoms with Crippen LogP contribution in [0.1, 0.15) is 114 Å². The van der Waals surface area contributed by atoms with Gasteiger partial charge in [-0.25, -0.2) is 45.2 Å². The van der Waals surface area contributed by atoms with Crippen molar-refractivity contribution >= 4 is 81.5 Å². The average molecular weight is 1850 g/mol. The molecule has 42 heteroatoms. The van der Waals surface area contributed by atoms with Crippen LogP contribution < -0.4 is 11.5 Å². The molecule has 0 atom stereocenters. The largest absolute Gasteiger partial charge is 0.465 e. The second-order valence-corrected chi connectivity index (χ2v) is 27.8. The number of esters is 1. The second-order valence-electron chi connectivity index (χ2n) is 26.5. The number of hydrogen-bond acceptors (Lipinski definition) is 19. The standard InChI is InChI=1S/C21H17ClF4N2O2.C21H15ClF4N2O2.C11H9ClF3N3.C10H11FO2.C8H6FNO4.C7H6FNO3.C7H8FNO/c2*22-15-2-1-3-16(10-15)28-17(11-20(27-28)21(24,25)26)6-7-18(30)8-13-4-5-14(12-29)19(23)9-13;12-7-2-1-3-8(4-7)18-9(6-16)5-10(17-18)11(13,14)15;1-7(13)4-8-2-3-9(6-12)10(11)5-8;1-14-8(11)6-3-2-5(10(12)13)4-7(6)9;8-7-3-6(9(11)12)2-1-5(7)4-10;8-7-3-6(9)2-1-5(7)4-10/h1-5,9-11,29H,6-8,12H2;1-5,9-12H,6-8H2;1-5H,6,16H2;2-3,5,12H,4,6H2,1H3;2-4H,1H3;1-3,10H,4H2;1-3,10H,4,9H2. The summed E-state index contributed by atoms with van der Waals surface area (Å²) in [5.41, 5.74) is 10.7. The molecule has 0 aliphatic carbocycles. The first-order chi connectivity index (χ1) is 59.8. The van der Waals surface area contributed by atoms with Crippen molar-refractivity contribution in [2.75, 3.05) is 12.8 Å². The number of rotatable bonds is 24. The third-order valence-electron chi connectivity index (χ3n) is 17.2. The SMILES string of the molecule is CC(=O)Cc1ccc(CO)c(F)c1.COC(=O)c1ccc([N+](=O)[O-])cc1F.NCc1cc(C(F)(F)F)nn1-c1cccc(Cl)c1.Nc1ccc(CO)c(F)c1.O=C(CCc1cc(C(F)(F)F)nn1-c1cccc(Cl)c1)Cc1ccc(CO)c(F)c1.O=Cc1ccc(CC(=O)CCc2cc(C(F)(F)F)nn2-c2cccc(Cl)c2)cc1F.O=[N+]([O-])c1ccc(CO)c(F)c1. The van der Waals surface area contributed by atoms with E-state index in [9.17, 15) is 110 Å². The average Bonchev–Trinajstić information content (AvgIpc) is 1.67. The van der Waals surface area contributed by atoms with Crippen LogP contribution in [-0.4, -0.2) is 96.3 Å². The van der Waals surface area contributed by atoms with Gasteiger partial charge in [-0.2, -0.15) is 54.8 Å². The Bertz CT molecular complexity index is 5850. The third-order valence-corrected chi connectivity index (χ3v) is 17.9. The van der Waals surface area contributed by atoms with Gasteiger partial charge in [-0.3, -0.25) is 39.4 Å². The topological polar surface area (TPSA) is 367 Å². The van der Waals surface area contributed by atoms with E-state index in [0.717, 1.165) is 69.7 Å². The lowest BCUT2D eigenvalue weighted by atomic mass is 10.0. The van der Waals surface area contributed by atoms with Crippen LogP contribution >= 0.6 is 34.8 Å². The molecule has 0 spiro atoms. The molecule has 0 bridgehead atoms. The second kappa shape index (κ2) is 47.9. The van der Waals surface area contributed by atoms with E-state index in [4.69, 9.17) is 66.7 Å². The van der Waals surface area contributed by atoms with E-state index in [1.807, 2.05) is 0 Å². The molecule has 0 radical (unpaired) electrons. The van der Waals surface area contributed by atoms with Gasteiger partial charge in [0.25, 0.3) is 11.4 Å². The molecule has 672 valence electrons. The lowest BCUT2D eigenvalue weighted by Crippen LogP contribution is -2.09. The van der Waals surface area contributed by atoms with E-state index in [1.165, 1.54) is 85.8 Å². The fourth-order valence-corrected chi connectivity index (χ4v) is 11.5. The lowest BCUT2D eigenvalue weighted by Gasteiger charge is -2.08. The smallest absolute Gasteiger partial charge is 0.435 e. The number of nitrogens with zero attached hydrogens (tertiary/aromatic N) is 8. The maximum Gasteiger partial charge on any atom is 0.435 e. The molecule has 3 aromatic heterocycles. The van der Waals surface area contributed by atoms with Crippen molar-refractivity contribution in [3.63, 3.8) is 0 Å².